The molecule has 1 saturated heterocycles. The summed E-state index contributed by atoms with van der Waals surface area (Å²) in [6.07, 6.45) is 5.49. The number of nitrogens with zero attached hydrogens (tertiary/aromatic N) is 7. The first-order chi connectivity index (χ1) is 21.3. The molecule has 2 aromatic carbocycles. The number of hydrogen-bond acceptors (Lipinski definition) is 9. The van der Waals surface area contributed by atoms with Crippen LogP contribution < -0.4 is 9.47 Å². The number of aromatic carboxylic acids is 1. The van der Waals surface area contributed by atoms with Gasteiger partial charge in [-0.25, -0.2) is 19.2 Å². The molecule has 1 aliphatic heterocycles. The number of nitriles is 2. The third-order valence-corrected chi connectivity index (χ3v) is 8.26. The number of fused-ring (bicyclic) bond motifs is 1. The fraction of sp³-hybridized carbons (Fsp3) is 0.375. The van der Waals surface area contributed by atoms with Crippen LogP contribution in [0.3, 0.4) is 0 Å². The van der Waals surface area contributed by atoms with Crippen molar-refractivity contribution < 1.29 is 23.8 Å². The van der Waals surface area contributed by atoms with Crippen molar-refractivity contribution in [3.05, 3.63) is 77.3 Å². The number of aromatic nitrogens is 4. The summed E-state index contributed by atoms with van der Waals surface area (Å²) in [6.45, 7) is 2.75. The van der Waals surface area contributed by atoms with E-state index in [9.17, 15) is 19.6 Å². The molecule has 224 valence electrons. The maximum atomic E-state index is 14.1. The highest BCUT2D eigenvalue weighted by Crippen LogP contribution is 2.50. The van der Waals surface area contributed by atoms with E-state index in [0.29, 0.717) is 31.2 Å². The van der Waals surface area contributed by atoms with Crippen molar-refractivity contribution in [2.75, 3.05) is 13.1 Å². The number of ether oxygens (including phenoxy) is 2. The van der Waals surface area contributed by atoms with Crippen molar-refractivity contribution in [2.45, 2.75) is 57.9 Å². The number of benzene rings is 2. The van der Waals surface area contributed by atoms with E-state index in [4.69, 9.17) is 19.7 Å². The number of carboxylic acids is 1. The molecule has 3 heterocycles. The largest absolute Gasteiger partial charge is 0.483 e. The molecule has 1 saturated carbocycles. The molecule has 12 heteroatoms. The monoisotopic (exact) mass is 595 g/mol. The van der Waals surface area contributed by atoms with Gasteiger partial charge in [-0.2, -0.15) is 15.5 Å². The number of piperidine rings is 1. The van der Waals surface area contributed by atoms with Gasteiger partial charge in [0.2, 0.25) is 5.88 Å². The Labute approximate surface area is 253 Å². The first-order valence-corrected chi connectivity index (χ1v) is 14.5. The molecule has 0 atom stereocenters. The van der Waals surface area contributed by atoms with E-state index in [1.165, 1.54) is 12.1 Å². The lowest BCUT2D eigenvalue weighted by Crippen LogP contribution is -2.38. The van der Waals surface area contributed by atoms with Gasteiger partial charge in [0, 0.05) is 43.7 Å². The third kappa shape index (κ3) is 6.46. The molecular formula is C32H30FN7O4. The van der Waals surface area contributed by atoms with Crippen molar-refractivity contribution in [2.24, 2.45) is 5.41 Å². The normalized spacial score (nSPS) is 16.2. The number of rotatable bonds is 11. The van der Waals surface area contributed by atoms with E-state index in [1.807, 2.05) is 6.07 Å². The number of likely N-dealkylation sites (tertiary alicyclic amines) is 1. The number of hydrogen-bond donors (Lipinski definition) is 1. The number of carbonyl (C=O) groups is 1. The van der Waals surface area contributed by atoms with Crippen molar-refractivity contribution in [3.63, 3.8) is 0 Å². The molecule has 0 spiro atoms. The Morgan fingerprint density at radius 3 is 2.64 bits per heavy atom. The van der Waals surface area contributed by atoms with Gasteiger partial charge in [-0.3, -0.25) is 4.90 Å². The topological polar surface area (TPSA) is 150 Å². The Morgan fingerprint density at radius 1 is 1.11 bits per heavy atom. The van der Waals surface area contributed by atoms with Gasteiger partial charge in [0.25, 0.3) is 0 Å². The summed E-state index contributed by atoms with van der Waals surface area (Å²) >= 11 is 0. The summed E-state index contributed by atoms with van der Waals surface area (Å²) in [5.74, 6) is 0.0341. The van der Waals surface area contributed by atoms with Gasteiger partial charge >= 0.3 is 5.97 Å². The molecule has 6 rings (SSSR count). The fourth-order valence-corrected chi connectivity index (χ4v) is 5.57. The Hall–Kier alpha value is -5.07. The summed E-state index contributed by atoms with van der Waals surface area (Å²) in [5, 5.41) is 27.8. The van der Waals surface area contributed by atoms with Gasteiger partial charge in [0.05, 0.1) is 40.8 Å². The van der Waals surface area contributed by atoms with Gasteiger partial charge in [-0.05, 0) is 62.1 Å². The summed E-state index contributed by atoms with van der Waals surface area (Å²) < 4.78 is 27.9. The molecular weight excluding hydrogens is 565 g/mol. The van der Waals surface area contributed by atoms with Crippen LogP contribution >= 0.6 is 0 Å². The highest BCUT2D eigenvalue weighted by molar-refractivity contribution is 5.92. The van der Waals surface area contributed by atoms with Gasteiger partial charge in [-0.15, -0.1) is 0 Å². The molecule has 1 N–H and O–H groups in total. The van der Waals surface area contributed by atoms with Gasteiger partial charge in [0.15, 0.2) is 17.4 Å². The predicted octanol–water partition coefficient (Wildman–Crippen LogP) is 4.85. The van der Waals surface area contributed by atoms with Crippen LogP contribution in [0.4, 0.5) is 4.39 Å². The van der Waals surface area contributed by atoms with Crippen LogP contribution in [0.2, 0.25) is 0 Å². The summed E-state index contributed by atoms with van der Waals surface area (Å²) in [4.78, 5) is 27.5. The summed E-state index contributed by atoms with van der Waals surface area (Å²) in [6, 6.07) is 14.9. The van der Waals surface area contributed by atoms with E-state index < -0.39 is 11.8 Å². The van der Waals surface area contributed by atoms with Crippen molar-refractivity contribution in [3.8, 4) is 23.8 Å². The molecule has 0 radical (unpaired) electrons. The quantitative estimate of drug-likeness (QED) is 0.255. The molecule has 0 bridgehead atoms. The number of carboxylic acid groups (broad SMARTS) is 1. The zero-order valence-corrected chi connectivity index (χ0v) is 23.9. The van der Waals surface area contributed by atoms with Crippen LogP contribution in [0, 0.1) is 33.9 Å². The van der Waals surface area contributed by atoms with E-state index >= 15 is 0 Å². The lowest BCUT2D eigenvalue weighted by atomic mass is 10.0. The summed E-state index contributed by atoms with van der Waals surface area (Å²) in [7, 11) is 0. The van der Waals surface area contributed by atoms with Crippen LogP contribution in [0.15, 0.2) is 48.7 Å². The molecule has 0 amide bonds. The van der Waals surface area contributed by atoms with Crippen LogP contribution in [-0.4, -0.2) is 54.7 Å². The average molecular weight is 596 g/mol. The van der Waals surface area contributed by atoms with Crippen LogP contribution in [-0.2, 0) is 19.7 Å². The molecule has 2 aliphatic rings. The standard InChI is InChI=1S/C32H30FN7O4/c33-24-15-21(17-35)1-4-27(24)43-19-28-36-12-5-30(38-28)44-23-6-13-39(14-7-23)18-29-37-25-3-2-22(31(41)42)16-26(25)40(29)20-32(8-9-32)10-11-34/h1-5,12,15-16,23H,6-10,13-14,18-20H2,(H,41,42). The minimum Gasteiger partial charge on any atom is -0.483 e. The molecule has 0 unspecified atom stereocenters. The molecule has 11 nitrogen and oxygen atoms in total. The molecule has 2 fully saturated rings. The predicted molar refractivity (Wildman–Crippen MR) is 155 cm³/mol. The third-order valence-electron chi connectivity index (χ3n) is 8.26. The minimum atomic E-state index is -0.982. The maximum Gasteiger partial charge on any atom is 0.335 e. The molecule has 2 aromatic heterocycles. The fourth-order valence-electron chi connectivity index (χ4n) is 5.57. The second-order valence-corrected chi connectivity index (χ2v) is 11.4. The zero-order valence-electron chi connectivity index (χ0n) is 23.9. The molecule has 4 aromatic rings. The highest BCUT2D eigenvalue weighted by Gasteiger charge is 2.43. The van der Waals surface area contributed by atoms with Gasteiger partial charge in [0.1, 0.15) is 18.5 Å². The highest BCUT2D eigenvalue weighted by atomic mass is 19.1. The Bertz CT molecular complexity index is 1780. The first-order valence-electron chi connectivity index (χ1n) is 14.5. The minimum absolute atomic E-state index is 0.0134. The van der Waals surface area contributed by atoms with E-state index in [2.05, 4.69) is 25.5 Å². The lowest BCUT2D eigenvalue weighted by Gasteiger charge is -2.31. The van der Waals surface area contributed by atoms with Gasteiger partial charge in [-0.1, -0.05) is 0 Å². The zero-order chi connectivity index (χ0) is 30.7. The second-order valence-electron chi connectivity index (χ2n) is 11.4. The maximum absolute atomic E-state index is 14.1. The van der Waals surface area contributed by atoms with Crippen LogP contribution in [0.1, 0.15) is 59.7 Å². The Morgan fingerprint density at radius 2 is 1.93 bits per heavy atom. The first kappa shape index (κ1) is 29.0. The average Bonchev–Trinajstić information content (AvgIpc) is 3.71. The van der Waals surface area contributed by atoms with Gasteiger partial charge < -0.3 is 19.1 Å². The molecule has 44 heavy (non-hydrogen) atoms. The van der Waals surface area contributed by atoms with E-state index in [0.717, 1.165) is 61.7 Å². The van der Waals surface area contributed by atoms with Crippen molar-refractivity contribution in [1.29, 1.82) is 10.5 Å². The molecule has 1 aliphatic carbocycles. The summed E-state index contributed by atoms with van der Waals surface area (Å²) in [5.41, 5.74) is 1.89. The Kier molecular flexibility index (Phi) is 8.09. The smallest absolute Gasteiger partial charge is 0.335 e. The lowest BCUT2D eigenvalue weighted by molar-refractivity contribution is 0.0697. The van der Waals surface area contributed by atoms with E-state index in [1.54, 1.807) is 30.5 Å². The second kappa shape index (κ2) is 12.3. The van der Waals surface area contributed by atoms with E-state index in [-0.39, 0.29) is 35.0 Å². The van der Waals surface area contributed by atoms with Crippen LogP contribution in [0.5, 0.6) is 11.6 Å². The van der Waals surface area contributed by atoms with Crippen LogP contribution in [0.25, 0.3) is 11.0 Å². The van der Waals surface area contributed by atoms with Crippen molar-refractivity contribution >= 4 is 17.0 Å². The Balaban J connectivity index is 1.08. The SMILES string of the molecule is N#CCC1(Cn2c(CN3CCC(Oc4ccnc(COc5ccc(C#N)cc5F)n4)CC3)nc3ccc(C(=O)O)cc32)CC1. The van der Waals surface area contributed by atoms with Crippen molar-refractivity contribution in [1.82, 2.24) is 24.4 Å². The number of halogens is 1. The number of imidazole rings is 1.